The monoisotopic (exact) mass is 468 g/mol. The number of carbonyl (C=O) groups is 1. The van der Waals surface area contributed by atoms with E-state index in [-0.39, 0.29) is 17.0 Å². The normalized spacial score (nSPS) is 21.8. The van der Waals surface area contributed by atoms with Crippen LogP contribution < -0.4 is 0 Å². The molecule has 0 saturated carbocycles. The molecule has 0 aliphatic carbocycles. The Labute approximate surface area is 174 Å². The Bertz CT molecular complexity index is 1110. The van der Waals surface area contributed by atoms with Crippen molar-refractivity contribution in [2.45, 2.75) is 23.3 Å². The van der Waals surface area contributed by atoms with E-state index >= 15 is 4.48 Å². The smallest absolute Gasteiger partial charge is 0.239 e. The molecule has 3 rings (SSSR count). The summed E-state index contributed by atoms with van der Waals surface area (Å²) >= 11 is 4.23. The van der Waals surface area contributed by atoms with Crippen LogP contribution in [0.25, 0.3) is 0 Å². The predicted octanol–water partition coefficient (Wildman–Crippen LogP) is 4.81. The maximum absolute atomic E-state index is 15.2. The van der Waals surface area contributed by atoms with E-state index in [1.54, 1.807) is 0 Å². The van der Waals surface area contributed by atoms with Gasteiger partial charge in [0.05, 0.1) is 5.92 Å². The van der Waals surface area contributed by atoms with Gasteiger partial charge in [-0.15, -0.1) is 0 Å². The number of nitrogens with one attached hydrogen (secondary N) is 1. The number of benzene rings is 2. The third-order valence-corrected chi connectivity index (χ3v) is 5.51. The number of halogens is 8. The quantitative estimate of drug-likeness (QED) is 0.391. The van der Waals surface area contributed by atoms with E-state index in [0.717, 1.165) is 7.05 Å². The van der Waals surface area contributed by atoms with Crippen molar-refractivity contribution >= 4 is 24.5 Å². The predicted molar refractivity (Wildman–Crippen MR) is 92.0 cm³/mol. The lowest BCUT2D eigenvalue weighted by molar-refractivity contribution is -0.145. The minimum absolute atomic E-state index is 0.0204. The van der Waals surface area contributed by atoms with Crippen molar-refractivity contribution in [2.75, 3.05) is 7.05 Å². The van der Waals surface area contributed by atoms with Gasteiger partial charge in [-0.2, -0.15) is 5.12 Å². The molecule has 0 bridgehead atoms. The lowest BCUT2D eigenvalue weighted by Crippen LogP contribution is -2.62. The second kappa shape index (κ2) is 7.32. The number of carbonyl (C=O) groups excluding carboxylic acids is 1. The van der Waals surface area contributed by atoms with Crippen molar-refractivity contribution in [3.05, 3.63) is 64.0 Å². The standard InChI is InChI=1S/C18H10F8N3OS/c1-18(5-3-7(20)8(21)4-6(5)19)10(16(30)28(2)17(27)29(18)26)9-11(22)13(24)15(31)14(25)12(9)23/h3-4,10,27H,1-2H3/t10-,18+/m0/s1. The Morgan fingerprint density at radius 1 is 0.935 bits per heavy atom. The van der Waals surface area contributed by atoms with Crippen LogP contribution in [-0.2, 0) is 10.3 Å². The first kappa shape index (κ1) is 22.7. The van der Waals surface area contributed by atoms with Crippen molar-refractivity contribution < 1.29 is 40.0 Å². The van der Waals surface area contributed by atoms with Crippen LogP contribution in [-0.4, -0.2) is 28.9 Å². The zero-order valence-electron chi connectivity index (χ0n) is 15.5. The third-order valence-electron chi connectivity index (χ3n) is 5.15. The van der Waals surface area contributed by atoms with E-state index in [4.69, 9.17) is 5.41 Å². The lowest BCUT2D eigenvalue weighted by Gasteiger charge is -2.48. The largest absolute Gasteiger partial charge is 0.283 e. The number of rotatable bonds is 2. The van der Waals surface area contributed by atoms with Crippen molar-refractivity contribution in [2.24, 2.45) is 0 Å². The Kier molecular flexibility index (Phi) is 5.37. The Hall–Kier alpha value is -2.96. The van der Waals surface area contributed by atoms with Crippen LogP contribution in [0.5, 0.6) is 0 Å². The van der Waals surface area contributed by atoms with Gasteiger partial charge in [0.2, 0.25) is 11.9 Å². The molecule has 13 heteroatoms. The average Bonchev–Trinajstić information content (AvgIpc) is 2.72. The number of hydrogen-bond acceptors (Lipinski definition) is 2. The molecule has 1 heterocycles. The summed E-state index contributed by atoms with van der Waals surface area (Å²) in [5.41, 5.74) is -5.78. The first-order valence-electron chi connectivity index (χ1n) is 8.26. The SMILES string of the molecule is CN1C(=N)N(F)[C@](C)(c2cc(F)c(F)cc2F)[C@@H](c2c(F)c(F)c([S])c(F)c2F)C1=O. The van der Waals surface area contributed by atoms with E-state index in [2.05, 4.69) is 12.6 Å². The zero-order valence-corrected chi connectivity index (χ0v) is 16.3. The van der Waals surface area contributed by atoms with Gasteiger partial charge in [0, 0.05) is 24.2 Å². The van der Waals surface area contributed by atoms with Gasteiger partial charge in [-0.1, -0.05) is 17.1 Å². The Morgan fingerprint density at radius 3 is 1.94 bits per heavy atom. The molecule has 1 radical (unpaired) electrons. The average molecular weight is 468 g/mol. The van der Waals surface area contributed by atoms with Gasteiger partial charge in [0.15, 0.2) is 34.9 Å². The summed E-state index contributed by atoms with van der Waals surface area (Å²) in [5.74, 6) is -18.9. The molecule has 0 aromatic heterocycles. The van der Waals surface area contributed by atoms with Crippen LogP contribution >= 0.6 is 12.6 Å². The van der Waals surface area contributed by atoms with Gasteiger partial charge in [-0.05, 0) is 13.0 Å². The summed E-state index contributed by atoms with van der Waals surface area (Å²) in [6.45, 7) is 0.628. The van der Waals surface area contributed by atoms with Crippen LogP contribution in [0.2, 0.25) is 0 Å². The highest BCUT2D eigenvalue weighted by Crippen LogP contribution is 2.49. The van der Waals surface area contributed by atoms with Crippen LogP contribution in [0.15, 0.2) is 17.0 Å². The highest BCUT2D eigenvalue weighted by molar-refractivity contribution is 7.80. The molecule has 1 N–H and O–H groups in total. The van der Waals surface area contributed by atoms with Gasteiger partial charge in [0.1, 0.15) is 16.3 Å². The molecule has 165 valence electrons. The second-order valence-electron chi connectivity index (χ2n) is 6.83. The summed E-state index contributed by atoms with van der Waals surface area (Å²) in [6, 6.07) is 0.0908. The van der Waals surface area contributed by atoms with Crippen molar-refractivity contribution in [3.8, 4) is 0 Å². The van der Waals surface area contributed by atoms with E-state index in [9.17, 15) is 35.5 Å². The number of nitrogens with zero attached hydrogens (tertiary/aromatic N) is 2. The molecule has 0 spiro atoms. The molecule has 2 aromatic rings. The molecule has 1 aliphatic heterocycles. The summed E-state index contributed by atoms with van der Waals surface area (Å²) in [6.07, 6.45) is 0. The van der Waals surface area contributed by atoms with E-state index < -0.39 is 85.2 Å². The van der Waals surface area contributed by atoms with Gasteiger partial charge < -0.3 is 0 Å². The van der Waals surface area contributed by atoms with Gasteiger partial charge in [-0.25, -0.2) is 30.7 Å². The summed E-state index contributed by atoms with van der Waals surface area (Å²) in [5, 5.41) is 7.05. The maximum Gasteiger partial charge on any atom is 0.239 e. The highest BCUT2D eigenvalue weighted by atomic mass is 32.1. The summed E-state index contributed by atoms with van der Waals surface area (Å²) in [4.78, 5) is 11.6. The minimum Gasteiger partial charge on any atom is -0.283 e. The molecular weight excluding hydrogens is 458 g/mol. The molecule has 1 saturated heterocycles. The lowest BCUT2D eigenvalue weighted by atomic mass is 9.72. The fraction of sp³-hybridized carbons (Fsp3) is 0.222. The van der Waals surface area contributed by atoms with Crippen molar-refractivity contribution in [3.63, 3.8) is 0 Å². The molecule has 2 aromatic carbocycles. The fourth-order valence-electron chi connectivity index (χ4n) is 3.46. The Balaban J connectivity index is 2.46. The maximum atomic E-state index is 15.2. The molecule has 1 amide bonds. The third kappa shape index (κ3) is 3.01. The molecule has 0 unspecified atom stereocenters. The molecular formula is C18H10F8N3OS. The zero-order chi connectivity index (χ0) is 23.6. The first-order chi connectivity index (χ1) is 14.3. The van der Waals surface area contributed by atoms with Crippen LogP contribution in [0.1, 0.15) is 24.0 Å². The first-order valence-corrected chi connectivity index (χ1v) is 8.67. The second-order valence-corrected chi connectivity index (χ2v) is 7.24. The highest BCUT2D eigenvalue weighted by Gasteiger charge is 2.58. The molecule has 1 fully saturated rings. The molecule has 1 aliphatic rings. The number of likely N-dealkylation sites (N-methyl/N-ethyl adjacent to an activating group) is 1. The molecule has 31 heavy (non-hydrogen) atoms. The van der Waals surface area contributed by atoms with Gasteiger partial charge in [0.25, 0.3) is 0 Å². The van der Waals surface area contributed by atoms with Gasteiger partial charge >= 0.3 is 0 Å². The van der Waals surface area contributed by atoms with E-state index in [0.29, 0.717) is 6.92 Å². The van der Waals surface area contributed by atoms with Crippen LogP contribution in [0.3, 0.4) is 0 Å². The van der Waals surface area contributed by atoms with E-state index in [1.807, 2.05) is 0 Å². The fourth-order valence-corrected chi connectivity index (χ4v) is 3.64. The summed E-state index contributed by atoms with van der Waals surface area (Å²) in [7, 11) is 0.801. The van der Waals surface area contributed by atoms with E-state index in [1.165, 1.54) is 0 Å². The number of hydrogen-bond donors (Lipinski definition) is 1. The molecule has 4 nitrogen and oxygen atoms in total. The summed E-state index contributed by atoms with van der Waals surface area (Å²) < 4.78 is 115. The van der Waals surface area contributed by atoms with Crippen LogP contribution in [0.4, 0.5) is 35.2 Å². The van der Waals surface area contributed by atoms with Crippen molar-refractivity contribution in [1.82, 2.24) is 10.0 Å². The minimum atomic E-state index is -2.97. The molecule has 2 atom stereocenters. The Morgan fingerprint density at radius 2 is 1.42 bits per heavy atom. The number of amides is 1. The van der Waals surface area contributed by atoms with Gasteiger partial charge in [-0.3, -0.25) is 15.1 Å². The van der Waals surface area contributed by atoms with Crippen molar-refractivity contribution in [1.29, 1.82) is 5.41 Å². The number of guanidine groups is 1. The van der Waals surface area contributed by atoms with Crippen LogP contribution in [0, 0.1) is 46.1 Å². The topological polar surface area (TPSA) is 47.4 Å².